The van der Waals surface area contributed by atoms with Crippen LogP contribution in [0.3, 0.4) is 0 Å². The number of hydrogen-bond donors (Lipinski definition) is 2. The van der Waals surface area contributed by atoms with E-state index in [2.05, 4.69) is 30.6 Å². The molecule has 0 heterocycles. The van der Waals surface area contributed by atoms with Crippen LogP contribution in [0.1, 0.15) is 31.4 Å². The van der Waals surface area contributed by atoms with E-state index in [1.54, 1.807) is 0 Å². The summed E-state index contributed by atoms with van der Waals surface area (Å²) in [5.74, 6) is 5.31. The second-order valence-electron chi connectivity index (χ2n) is 5.00. The first kappa shape index (κ1) is 16.6. The molecular weight excluding hydrogens is 255 g/mol. The molecule has 0 fully saturated rings. The lowest BCUT2D eigenvalue weighted by atomic mass is 10.1. The number of aliphatic hydroxyl groups excluding tert-OH is 1. The molecule has 3 nitrogen and oxygen atoms in total. The van der Waals surface area contributed by atoms with E-state index in [1.165, 1.54) is 12.1 Å². The smallest absolute Gasteiger partial charge is 0.124 e. The first-order valence-electron chi connectivity index (χ1n) is 6.90. The molecule has 0 saturated carbocycles. The number of halogens is 1. The molecule has 1 rings (SSSR count). The van der Waals surface area contributed by atoms with Crippen LogP contribution in [-0.4, -0.2) is 35.7 Å². The average molecular weight is 278 g/mol. The molecule has 0 radical (unpaired) electrons. The lowest BCUT2D eigenvalue weighted by Gasteiger charge is -2.26. The van der Waals surface area contributed by atoms with Crippen LogP contribution in [0.4, 0.5) is 4.39 Å². The van der Waals surface area contributed by atoms with Gasteiger partial charge < -0.3 is 10.8 Å². The lowest BCUT2D eigenvalue weighted by Crippen LogP contribution is -2.31. The number of aliphatic hydroxyl groups is 1. The van der Waals surface area contributed by atoms with Crippen LogP contribution in [0, 0.1) is 17.7 Å². The van der Waals surface area contributed by atoms with Gasteiger partial charge in [-0.1, -0.05) is 11.8 Å². The molecule has 0 aliphatic heterocycles. The fourth-order valence-corrected chi connectivity index (χ4v) is 2.00. The zero-order valence-electron chi connectivity index (χ0n) is 12.2. The van der Waals surface area contributed by atoms with Crippen LogP contribution in [-0.2, 0) is 6.54 Å². The third-order valence-electron chi connectivity index (χ3n) is 3.01. The minimum atomic E-state index is -0.283. The topological polar surface area (TPSA) is 49.5 Å². The molecule has 0 aliphatic rings. The maximum atomic E-state index is 13.6. The lowest BCUT2D eigenvalue weighted by molar-refractivity contribution is 0.184. The molecule has 20 heavy (non-hydrogen) atoms. The van der Waals surface area contributed by atoms with Gasteiger partial charge in [0.25, 0.3) is 0 Å². The van der Waals surface area contributed by atoms with Gasteiger partial charge in [0.05, 0.1) is 6.54 Å². The number of hydrogen-bond acceptors (Lipinski definition) is 3. The zero-order chi connectivity index (χ0) is 15.0. The van der Waals surface area contributed by atoms with E-state index < -0.39 is 0 Å². The number of nitrogens with two attached hydrogens (primary N) is 1. The fourth-order valence-electron chi connectivity index (χ4n) is 2.00. The summed E-state index contributed by atoms with van der Waals surface area (Å²) in [6.45, 7) is 6.04. The Kier molecular flexibility index (Phi) is 7.24. The van der Waals surface area contributed by atoms with E-state index in [-0.39, 0.29) is 19.0 Å². The van der Waals surface area contributed by atoms with Crippen molar-refractivity contribution in [2.45, 2.75) is 32.9 Å². The Labute approximate surface area is 120 Å². The average Bonchev–Trinajstić information content (AvgIpc) is 2.40. The van der Waals surface area contributed by atoms with Crippen molar-refractivity contribution in [3.8, 4) is 11.8 Å². The van der Waals surface area contributed by atoms with Crippen molar-refractivity contribution in [3.63, 3.8) is 0 Å². The van der Waals surface area contributed by atoms with E-state index in [0.29, 0.717) is 24.6 Å². The molecule has 0 aliphatic carbocycles. The first-order valence-corrected chi connectivity index (χ1v) is 6.90. The van der Waals surface area contributed by atoms with Gasteiger partial charge in [-0.05, 0) is 44.0 Å². The second kappa shape index (κ2) is 8.70. The molecule has 110 valence electrons. The molecule has 4 heteroatoms. The molecule has 3 N–H and O–H groups in total. The van der Waals surface area contributed by atoms with E-state index in [9.17, 15) is 4.39 Å². The van der Waals surface area contributed by atoms with Gasteiger partial charge in [-0.3, -0.25) is 4.90 Å². The monoisotopic (exact) mass is 278 g/mol. The molecule has 0 bridgehead atoms. The fraction of sp³-hybridized carbons (Fsp3) is 0.500. The largest absolute Gasteiger partial charge is 0.396 e. The SMILES string of the molecule is CC(C)N(CCCO)Cc1cc(F)cc(C#CCN)c1. The predicted molar refractivity (Wildman–Crippen MR) is 79.6 cm³/mol. The highest BCUT2D eigenvalue weighted by Gasteiger charge is 2.10. The maximum Gasteiger partial charge on any atom is 0.124 e. The number of benzene rings is 1. The first-order chi connectivity index (χ1) is 9.56. The van der Waals surface area contributed by atoms with Gasteiger partial charge in [0.15, 0.2) is 0 Å². The Morgan fingerprint density at radius 1 is 1.35 bits per heavy atom. The summed E-state index contributed by atoms with van der Waals surface area (Å²) >= 11 is 0. The summed E-state index contributed by atoms with van der Waals surface area (Å²) in [4.78, 5) is 2.20. The minimum Gasteiger partial charge on any atom is -0.396 e. The summed E-state index contributed by atoms with van der Waals surface area (Å²) in [6.07, 6.45) is 0.716. The van der Waals surface area contributed by atoms with Crippen molar-refractivity contribution in [1.82, 2.24) is 4.90 Å². The Morgan fingerprint density at radius 3 is 2.70 bits per heavy atom. The number of nitrogens with zero attached hydrogens (tertiary/aromatic N) is 1. The summed E-state index contributed by atoms with van der Waals surface area (Å²) in [5.41, 5.74) is 6.86. The van der Waals surface area contributed by atoms with E-state index >= 15 is 0 Å². The van der Waals surface area contributed by atoms with Crippen molar-refractivity contribution in [2.24, 2.45) is 5.73 Å². The highest BCUT2D eigenvalue weighted by molar-refractivity contribution is 5.38. The summed E-state index contributed by atoms with van der Waals surface area (Å²) in [6, 6.07) is 5.17. The molecular formula is C16H23FN2O. The van der Waals surface area contributed by atoms with Crippen LogP contribution < -0.4 is 5.73 Å². The molecule has 0 amide bonds. The summed E-state index contributed by atoms with van der Waals surface area (Å²) in [5, 5.41) is 8.93. The van der Waals surface area contributed by atoms with Crippen molar-refractivity contribution < 1.29 is 9.50 Å². The van der Waals surface area contributed by atoms with Gasteiger partial charge in [0.1, 0.15) is 5.82 Å². The highest BCUT2D eigenvalue weighted by atomic mass is 19.1. The predicted octanol–water partition coefficient (Wildman–Crippen LogP) is 1.73. The highest BCUT2D eigenvalue weighted by Crippen LogP contribution is 2.13. The van der Waals surface area contributed by atoms with Crippen molar-refractivity contribution >= 4 is 0 Å². The molecule has 0 atom stereocenters. The van der Waals surface area contributed by atoms with E-state index in [0.717, 1.165) is 12.1 Å². The van der Waals surface area contributed by atoms with Crippen molar-refractivity contribution in [2.75, 3.05) is 19.7 Å². The Balaban J connectivity index is 2.86. The van der Waals surface area contributed by atoms with Gasteiger partial charge in [-0.2, -0.15) is 0 Å². The summed E-state index contributed by atoms with van der Waals surface area (Å²) < 4.78 is 13.6. The molecule has 0 saturated heterocycles. The maximum absolute atomic E-state index is 13.6. The van der Waals surface area contributed by atoms with Crippen LogP contribution in [0.25, 0.3) is 0 Å². The molecule has 1 aromatic rings. The van der Waals surface area contributed by atoms with Gasteiger partial charge in [0, 0.05) is 31.3 Å². The van der Waals surface area contributed by atoms with Gasteiger partial charge in [-0.15, -0.1) is 0 Å². The van der Waals surface area contributed by atoms with E-state index in [4.69, 9.17) is 10.8 Å². The standard InChI is InChI=1S/C16H23FN2O/c1-13(2)19(7-4-8-20)12-15-9-14(5-3-6-18)10-16(17)11-15/h9-11,13,20H,4,6-8,12,18H2,1-2H3. The Bertz CT molecular complexity index is 477. The Hall–Kier alpha value is -1.41. The van der Waals surface area contributed by atoms with Gasteiger partial charge in [0.2, 0.25) is 0 Å². The molecule has 0 unspecified atom stereocenters. The molecule has 0 aromatic heterocycles. The van der Waals surface area contributed by atoms with Gasteiger partial charge >= 0.3 is 0 Å². The summed E-state index contributed by atoms with van der Waals surface area (Å²) in [7, 11) is 0. The van der Waals surface area contributed by atoms with Crippen LogP contribution in [0.15, 0.2) is 18.2 Å². The third-order valence-corrected chi connectivity index (χ3v) is 3.01. The zero-order valence-corrected chi connectivity index (χ0v) is 12.2. The van der Waals surface area contributed by atoms with Gasteiger partial charge in [-0.25, -0.2) is 4.39 Å². The van der Waals surface area contributed by atoms with E-state index in [1.807, 2.05) is 6.07 Å². The van der Waals surface area contributed by atoms with Crippen molar-refractivity contribution in [3.05, 3.63) is 35.1 Å². The third kappa shape index (κ3) is 5.70. The van der Waals surface area contributed by atoms with Crippen LogP contribution in [0.5, 0.6) is 0 Å². The van der Waals surface area contributed by atoms with Crippen LogP contribution in [0.2, 0.25) is 0 Å². The second-order valence-corrected chi connectivity index (χ2v) is 5.00. The molecule has 1 aromatic carbocycles. The minimum absolute atomic E-state index is 0.166. The molecule has 0 spiro atoms. The number of rotatable bonds is 6. The normalized spacial score (nSPS) is 10.8. The Morgan fingerprint density at radius 2 is 2.10 bits per heavy atom. The van der Waals surface area contributed by atoms with Crippen molar-refractivity contribution in [1.29, 1.82) is 0 Å². The van der Waals surface area contributed by atoms with Crippen LogP contribution >= 0.6 is 0 Å². The quantitative estimate of drug-likeness (QED) is 0.779.